The Kier molecular flexibility index (Phi) is 6.97. The van der Waals surface area contributed by atoms with Crippen molar-refractivity contribution in [1.82, 2.24) is 0 Å². The monoisotopic (exact) mass is 310 g/mol. The third-order valence-electron chi connectivity index (χ3n) is 2.81. The number of nitro groups is 1. The van der Waals surface area contributed by atoms with E-state index in [2.05, 4.69) is 9.47 Å². The second-order valence-electron chi connectivity index (χ2n) is 4.61. The summed E-state index contributed by atoms with van der Waals surface area (Å²) in [6, 6.07) is 4.55. The van der Waals surface area contributed by atoms with E-state index < -0.39 is 23.1 Å². The lowest BCUT2D eigenvalue weighted by Gasteiger charge is -2.10. The molecule has 1 aromatic carbocycles. The van der Waals surface area contributed by atoms with E-state index in [9.17, 15) is 19.7 Å². The number of rotatable bonds is 7. The molecule has 1 atom stereocenters. The number of carbonyl (C=O) groups excluding carboxylic acids is 2. The number of carbonyl (C=O) groups is 2. The van der Waals surface area contributed by atoms with Crippen LogP contribution in [0.2, 0.25) is 0 Å². The Morgan fingerprint density at radius 3 is 2.50 bits per heavy atom. The zero-order valence-corrected chi connectivity index (χ0v) is 12.2. The standard InChI is InChI=1S/C14H18N2O6/c1-2-3-8-21-14(18)22-13(17)12(15)9-10-4-6-11(7-5-10)16(19)20/h4-7,12H,2-3,8-9,15H2,1H3/t12-/m0/s1. The average molecular weight is 310 g/mol. The molecule has 0 heterocycles. The van der Waals surface area contributed by atoms with Gasteiger partial charge in [0.1, 0.15) is 6.04 Å². The molecule has 0 bridgehead atoms. The van der Waals surface area contributed by atoms with Crippen molar-refractivity contribution >= 4 is 17.8 Å². The molecule has 0 amide bonds. The lowest BCUT2D eigenvalue weighted by atomic mass is 10.1. The topological polar surface area (TPSA) is 122 Å². The molecule has 1 aromatic rings. The molecule has 0 aromatic heterocycles. The van der Waals surface area contributed by atoms with E-state index in [1.807, 2.05) is 6.92 Å². The van der Waals surface area contributed by atoms with Crippen molar-refractivity contribution in [3.05, 3.63) is 39.9 Å². The third kappa shape index (κ3) is 5.88. The Morgan fingerprint density at radius 2 is 1.95 bits per heavy atom. The SMILES string of the molecule is CCCCOC(=O)OC(=O)[C@@H](N)Cc1ccc([N+](=O)[O-])cc1. The van der Waals surface area contributed by atoms with Crippen LogP contribution in [-0.4, -0.2) is 29.7 Å². The van der Waals surface area contributed by atoms with Crippen LogP contribution in [0, 0.1) is 10.1 Å². The molecule has 0 radical (unpaired) electrons. The number of esters is 1. The van der Waals surface area contributed by atoms with Crippen LogP contribution < -0.4 is 5.73 Å². The maximum atomic E-state index is 11.6. The molecule has 8 heteroatoms. The fourth-order valence-corrected chi connectivity index (χ4v) is 1.58. The summed E-state index contributed by atoms with van der Waals surface area (Å²) in [7, 11) is 0. The van der Waals surface area contributed by atoms with Gasteiger partial charge in [-0.25, -0.2) is 9.59 Å². The normalized spacial score (nSPS) is 11.5. The van der Waals surface area contributed by atoms with Gasteiger partial charge in [0.2, 0.25) is 0 Å². The smallest absolute Gasteiger partial charge is 0.434 e. The van der Waals surface area contributed by atoms with E-state index in [1.165, 1.54) is 24.3 Å². The summed E-state index contributed by atoms with van der Waals surface area (Å²) in [6.45, 7) is 2.11. The first-order valence-corrected chi connectivity index (χ1v) is 6.81. The summed E-state index contributed by atoms with van der Waals surface area (Å²) in [6.07, 6.45) is 0.551. The molecule has 1 rings (SSSR count). The van der Waals surface area contributed by atoms with Crippen LogP contribution in [0.25, 0.3) is 0 Å². The molecule has 2 N–H and O–H groups in total. The van der Waals surface area contributed by atoms with Crippen molar-refractivity contribution in [2.75, 3.05) is 6.61 Å². The Bertz CT molecular complexity index is 529. The van der Waals surface area contributed by atoms with Gasteiger partial charge in [0.25, 0.3) is 5.69 Å². The van der Waals surface area contributed by atoms with Crippen molar-refractivity contribution < 1.29 is 24.0 Å². The van der Waals surface area contributed by atoms with E-state index >= 15 is 0 Å². The van der Waals surface area contributed by atoms with Crippen LogP contribution in [0.5, 0.6) is 0 Å². The maximum absolute atomic E-state index is 11.6. The maximum Gasteiger partial charge on any atom is 0.516 e. The highest BCUT2D eigenvalue weighted by atomic mass is 16.7. The molecular formula is C14H18N2O6. The summed E-state index contributed by atoms with van der Waals surface area (Å²) >= 11 is 0. The molecule has 22 heavy (non-hydrogen) atoms. The molecule has 0 aliphatic carbocycles. The predicted octanol–water partition coefficient (Wildman–Crippen LogP) is 1.94. The van der Waals surface area contributed by atoms with E-state index in [1.54, 1.807) is 0 Å². The number of non-ortho nitro benzene ring substituents is 1. The van der Waals surface area contributed by atoms with Gasteiger partial charge >= 0.3 is 12.1 Å². The number of nitrogens with zero attached hydrogens (tertiary/aromatic N) is 1. The van der Waals surface area contributed by atoms with Crippen LogP contribution in [0.1, 0.15) is 25.3 Å². The number of hydrogen-bond acceptors (Lipinski definition) is 7. The van der Waals surface area contributed by atoms with E-state index in [4.69, 9.17) is 5.73 Å². The van der Waals surface area contributed by atoms with Gasteiger partial charge in [-0.3, -0.25) is 10.1 Å². The largest absolute Gasteiger partial charge is 0.516 e. The Hall–Kier alpha value is -2.48. The highest BCUT2D eigenvalue weighted by Crippen LogP contribution is 2.13. The van der Waals surface area contributed by atoms with E-state index in [0.29, 0.717) is 12.0 Å². The van der Waals surface area contributed by atoms with Crippen molar-refractivity contribution in [3.63, 3.8) is 0 Å². The molecular weight excluding hydrogens is 292 g/mol. The second kappa shape index (κ2) is 8.73. The Morgan fingerprint density at radius 1 is 1.32 bits per heavy atom. The van der Waals surface area contributed by atoms with Gasteiger partial charge in [-0.15, -0.1) is 0 Å². The van der Waals surface area contributed by atoms with Gasteiger partial charge in [-0.2, -0.15) is 0 Å². The van der Waals surface area contributed by atoms with Gasteiger partial charge in [-0.1, -0.05) is 25.5 Å². The molecule has 0 fully saturated rings. The van der Waals surface area contributed by atoms with Gasteiger partial charge in [0.15, 0.2) is 0 Å². The number of unbranched alkanes of at least 4 members (excludes halogenated alkanes) is 1. The van der Waals surface area contributed by atoms with Crippen LogP contribution in [0.15, 0.2) is 24.3 Å². The predicted molar refractivity (Wildman–Crippen MR) is 77.1 cm³/mol. The number of ether oxygens (including phenoxy) is 2. The molecule has 0 saturated carbocycles. The van der Waals surface area contributed by atoms with E-state index in [0.717, 1.165) is 6.42 Å². The molecule has 0 spiro atoms. The summed E-state index contributed by atoms with van der Waals surface area (Å²) in [5.41, 5.74) is 6.20. The van der Waals surface area contributed by atoms with Crippen molar-refractivity contribution in [2.45, 2.75) is 32.2 Å². The van der Waals surface area contributed by atoms with Gasteiger partial charge in [0, 0.05) is 12.1 Å². The second-order valence-corrected chi connectivity index (χ2v) is 4.61. The fourth-order valence-electron chi connectivity index (χ4n) is 1.58. The Labute approximate surface area is 127 Å². The summed E-state index contributed by atoms with van der Waals surface area (Å²) < 4.78 is 9.14. The fraction of sp³-hybridized carbons (Fsp3) is 0.429. The van der Waals surface area contributed by atoms with Crippen LogP contribution in [0.4, 0.5) is 10.5 Å². The van der Waals surface area contributed by atoms with Gasteiger partial charge in [-0.05, 0) is 18.4 Å². The molecule has 8 nitrogen and oxygen atoms in total. The first-order chi connectivity index (χ1) is 10.4. The number of nitrogens with two attached hydrogens (primary N) is 1. The molecule has 0 saturated heterocycles. The quantitative estimate of drug-likeness (QED) is 0.268. The minimum atomic E-state index is -1.07. The van der Waals surface area contributed by atoms with Crippen LogP contribution >= 0.6 is 0 Å². The minimum absolute atomic E-state index is 0.0561. The zero-order chi connectivity index (χ0) is 16.5. The number of benzene rings is 1. The van der Waals surface area contributed by atoms with Crippen LogP contribution in [-0.2, 0) is 20.7 Å². The highest BCUT2D eigenvalue weighted by Gasteiger charge is 2.20. The Balaban J connectivity index is 2.46. The van der Waals surface area contributed by atoms with Gasteiger partial charge < -0.3 is 15.2 Å². The van der Waals surface area contributed by atoms with Gasteiger partial charge in [0.05, 0.1) is 11.5 Å². The van der Waals surface area contributed by atoms with E-state index in [-0.39, 0.29) is 18.7 Å². The lowest BCUT2D eigenvalue weighted by molar-refractivity contribution is -0.384. The average Bonchev–Trinajstić information content (AvgIpc) is 2.47. The first kappa shape index (κ1) is 17.6. The van der Waals surface area contributed by atoms with Crippen molar-refractivity contribution in [2.24, 2.45) is 5.73 Å². The lowest BCUT2D eigenvalue weighted by Crippen LogP contribution is -2.35. The highest BCUT2D eigenvalue weighted by molar-refractivity contribution is 5.85. The summed E-state index contributed by atoms with van der Waals surface area (Å²) in [5.74, 6) is -0.903. The summed E-state index contributed by atoms with van der Waals surface area (Å²) in [4.78, 5) is 32.8. The molecule has 0 aliphatic rings. The number of nitro benzene ring substituents is 1. The molecule has 0 aliphatic heterocycles. The first-order valence-electron chi connectivity index (χ1n) is 6.81. The van der Waals surface area contributed by atoms with Crippen LogP contribution in [0.3, 0.4) is 0 Å². The third-order valence-corrected chi connectivity index (χ3v) is 2.81. The van der Waals surface area contributed by atoms with Crippen molar-refractivity contribution in [3.8, 4) is 0 Å². The summed E-state index contributed by atoms with van der Waals surface area (Å²) in [5, 5.41) is 10.5. The minimum Gasteiger partial charge on any atom is -0.434 e. The van der Waals surface area contributed by atoms with Crippen molar-refractivity contribution in [1.29, 1.82) is 0 Å². The zero-order valence-electron chi connectivity index (χ0n) is 12.2. The molecule has 120 valence electrons. The number of hydrogen-bond donors (Lipinski definition) is 1. The molecule has 0 unspecified atom stereocenters.